The smallest absolute Gasteiger partial charge is 0.273 e. The molecule has 1 unspecified atom stereocenters. The van der Waals surface area contributed by atoms with Gasteiger partial charge in [0.25, 0.3) is 5.91 Å². The van der Waals surface area contributed by atoms with Gasteiger partial charge in [0.1, 0.15) is 19.3 Å². The van der Waals surface area contributed by atoms with E-state index in [1.807, 2.05) is 45.9 Å². The van der Waals surface area contributed by atoms with Gasteiger partial charge < -0.3 is 27.2 Å². The Morgan fingerprint density at radius 1 is 1.22 bits per heavy atom. The van der Waals surface area contributed by atoms with Crippen LogP contribution in [0.2, 0.25) is 0 Å². The number of hydrogen-bond acceptors (Lipinski definition) is 6. The van der Waals surface area contributed by atoms with Crippen molar-refractivity contribution in [2.75, 3.05) is 14.2 Å². The zero-order chi connectivity index (χ0) is 18.7. The van der Waals surface area contributed by atoms with Crippen LogP contribution >= 0.6 is 0 Å². The van der Waals surface area contributed by atoms with Crippen LogP contribution < -0.4 is 5.32 Å². The number of carbonyl (C=O) groups excluding carboxylic acids is 1. The zero-order valence-corrected chi connectivity index (χ0v) is 20.0. The van der Waals surface area contributed by atoms with Crippen molar-refractivity contribution >= 4 is 17.3 Å². The van der Waals surface area contributed by atoms with Gasteiger partial charge in [-0.15, -0.1) is 0 Å². The normalized spacial score (nSPS) is 20.7. The van der Waals surface area contributed by atoms with Crippen LogP contribution in [0.1, 0.15) is 38.8 Å². The predicted molar refractivity (Wildman–Crippen MR) is 102 cm³/mol. The molecule has 1 saturated heterocycles. The molecule has 147 valence electrons. The van der Waals surface area contributed by atoms with Crippen LogP contribution in [0.4, 0.5) is 0 Å². The van der Waals surface area contributed by atoms with Crippen LogP contribution in [-0.2, 0) is 58.5 Å². The van der Waals surface area contributed by atoms with Gasteiger partial charge in [-0.2, -0.15) is 0 Å². The van der Waals surface area contributed by atoms with Crippen LogP contribution in [0.5, 0.6) is 0 Å². The Morgan fingerprint density at radius 3 is 2.33 bits per heavy atom. The van der Waals surface area contributed by atoms with Crippen molar-refractivity contribution < 1.29 is 51.9 Å². The minimum absolute atomic E-state index is 0. The molecule has 7 nitrogen and oxygen atoms in total. The molecule has 1 amide bonds. The Morgan fingerprint density at radius 2 is 1.81 bits per heavy atom. The summed E-state index contributed by atoms with van der Waals surface area (Å²) in [5.74, 6) is -0.338. The monoisotopic (exact) mass is 451 g/mol. The molecule has 1 aliphatic rings. The molecule has 1 radical (unpaired) electrons. The average Bonchev–Trinajstić information content (AvgIpc) is 3.12. The quantitative estimate of drug-likeness (QED) is 0.299. The summed E-state index contributed by atoms with van der Waals surface area (Å²) >= 11 is 0. The summed E-state index contributed by atoms with van der Waals surface area (Å²) in [5, 5.41) is 10.6. The Kier molecular flexibility index (Phi) is 9.80. The minimum atomic E-state index is -0.405. The summed E-state index contributed by atoms with van der Waals surface area (Å²) in [6.07, 6.45) is 0. The molecule has 2 rings (SSSR count). The summed E-state index contributed by atoms with van der Waals surface area (Å²) in [7, 11) is 2.94. The van der Waals surface area contributed by atoms with Crippen molar-refractivity contribution in [3.63, 3.8) is 0 Å². The van der Waals surface area contributed by atoms with Crippen molar-refractivity contribution in [1.29, 1.82) is 0 Å². The molecule has 0 saturated carbocycles. The van der Waals surface area contributed by atoms with E-state index in [1.165, 1.54) is 7.11 Å². The van der Waals surface area contributed by atoms with Crippen LogP contribution in [0.15, 0.2) is 34.6 Å². The third-order valence-corrected chi connectivity index (χ3v) is 4.58. The number of hydrogen-bond donors (Lipinski definition) is 1. The van der Waals surface area contributed by atoms with Gasteiger partial charge in [0.2, 0.25) is 0 Å². The van der Waals surface area contributed by atoms with E-state index in [2.05, 4.69) is 15.6 Å². The summed E-state index contributed by atoms with van der Waals surface area (Å²) in [5.41, 5.74) is 1.72. The number of oxime groups is 2. The van der Waals surface area contributed by atoms with Gasteiger partial charge in [-0.25, -0.2) is 0 Å². The Bertz CT molecular complexity index is 719. The first-order chi connectivity index (χ1) is 11.8. The van der Waals surface area contributed by atoms with Crippen LogP contribution in [0.25, 0.3) is 0 Å². The molecule has 1 atom stereocenters. The Labute approximate surface area is 186 Å². The molecule has 1 aromatic rings. The number of benzene rings is 1. The fraction of sp³-hybridized carbons (Fsp3) is 0.474. The van der Waals surface area contributed by atoms with E-state index < -0.39 is 5.60 Å². The molecule has 27 heavy (non-hydrogen) atoms. The van der Waals surface area contributed by atoms with Gasteiger partial charge in [0, 0.05) is 50.9 Å². The predicted octanol–water partition coefficient (Wildman–Crippen LogP) is 2.69. The zero-order valence-electron chi connectivity index (χ0n) is 17.1. The minimum Gasteiger partial charge on any atom is -0.398 e. The van der Waals surface area contributed by atoms with Gasteiger partial charge in [-0.3, -0.25) is 4.79 Å². The molecule has 1 aliphatic heterocycles. The molecular formula is C19H28N3O4Y-. The van der Waals surface area contributed by atoms with Crippen molar-refractivity contribution in [3.05, 3.63) is 42.8 Å². The van der Waals surface area contributed by atoms with Gasteiger partial charge in [-0.05, 0) is 27.7 Å². The number of ether oxygens (including phenoxy) is 1. The van der Waals surface area contributed by atoms with E-state index in [1.54, 1.807) is 13.1 Å². The first kappa shape index (κ1) is 25.7. The van der Waals surface area contributed by atoms with Crippen LogP contribution in [0, 0.1) is 7.43 Å². The Balaban J connectivity index is 0.00000338. The summed E-state index contributed by atoms with van der Waals surface area (Å²) < 4.78 is 5.70. The van der Waals surface area contributed by atoms with Crippen LogP contribution in [-0.4, -0.2) is 42.7 Å². The number of amides is 1. The third-order valence-electron chi connectivity index (χ3n) is 4.58. The maximum atomic E-state index is 12.0. The van der Waals surface area contributed by atoms with Crippen molar-refractivity contribution in [1.82, 2.24) is 5.32 Å². The Hall–Kier alpha value is -1.31. The number of rotatable bonds is 7. The molecule has 0 bridgehead atoms. The molecule has 8 heteroatoms. The van der Waals surface area contributed by atoms with Gasteiger partial charge in [-0.1, -0.05) is 34.6 Å². The van der Waals surface area contributed by atoms with E-state index in [0.717, 1.165) is 11.3 Å². The second-order valence-electron chi connectivity index (χ2n) is 6.45. The largest absolute Gasteiger partial charge is 0.398 e. The molecule has 1 aromatic carbocycles. The number of likely N-dealkylation sites (N-methyl/N-ethyl adjacent to an activating group) is 1. The van der Waals surface area contributed by atoms with E-state index in [0.29, 0.717) is 5.56 Å². The summed E-state index contributed by atoms with van der Waals surface area (Å²) in [6.45, 7) is 8.08. The number of nitrogens with zero attached hydrogens (tertiary/aromatic N) is 2. The van der Waals surface area contributed by atoms with E-state index in [4.69, 9.17) is 14.4 Å². The van der Waals surface area contributed by atoms with Crippen molar-refractivity contribution in [2.45, 2.75) is 45.5 Å². The third kappa shape index (κ3) is 5.59. The van der Waals surface area contributed by atoms with E-state index in [-0.39, 0.29) is 64.0 Å². The second kappa shape index (κ2) is 10.3. The van der Waals surface area contributed by atoms with Gasteiger partial charge >= 0.3 is 0 Å². The SMILES string of the molecule is CNC(=O)/C(=N/OC)c1ccccc1CO/N=C(\C)C1(C)OC1(C)C.[CH3-].[Y]. The topological polar surface area (TPSA) is 84.8 Å². The van der Waals surface area contributed by atoms with Gasteiger partial charge in [0.15, 0.2) is 5.71 Å². The molecule has 0 aromatic heterocycles. The number of carbonyl (C=O) groups is 1. The molecule has 1 fully saturated rings. The van der Waals surface area contributed by atoms with E-state index in [9.17, 15) is 4.79 Å². The molecule has 1 N–H and O–H groups in total. The number of epoxide rings is 1. The van der Waals surface area contributed by atoms with Crippen molar-refractivity contribution in [3.8, 4) is 0 Å². The maximum Gasteiger partial charge on any atom is 0.273 e. The van der Waals surface area contributed by atoms with Gasteiger partial charge in [0.05, 0.1) is 11.3 Å². The summed E-state index contributed by atoms with van der Waals surface area (Å²) in [4.78, 5) is 22.3. The molecule has 0 spiro atoms. The average molecular weight is 451 g/mol. The molecule has 0 aliphatic carbocycles. The maximum absolute atomic E-state index is 12.0. The molecular weight excluding hydrogens is 423 g/mol. The van der Waals surface area contributed by atoms with Crippen molar-refractivity contribution in [2.24, 2.45) is 10.3 Å². The first-order valence-corrected chi connectivity index (χ1v) is 8.05. The fourth-order valence-electron chi connectivity index (χ4n) is 2.58. The van der Waals surface area contributed by atoms with E-state index >= 15 is 0 Å². The standard InChI is InChI=1S/C18H25N3O4.CH3.Y/c1-12(18(4)17(2,3)25-18)20-24-11-13-9-7-8-10-14(13)15(21-23-6)16(22)19-5;;/h7-10H,11H2,1-6H3,(H,19,22);1H3;/q;-1;/b20-12+,21-15+;;. The van der Waals surface area contributed by atoms with Crippen LogP contribution in [0.3, 0.4) is 0 Å². The summed E-state index contributed by atoms with van der Waals surface area (Å²) in [6, 6.07) is 7.33. The molecule has 1 heterocycles. The number of nitrogens with one attached hydrogen (secondary N) is 1. The fourth-order valence-corrected chi connectivity index (χ4v) is 2.58. The second-order valence-corrected chi connectivity index (χ2v) is 6.45. The first-order valence-electron chi connectivity index (χ1n) is 8.05.